The number of fused-ring (bicyclic) bond motifs is 1. The lowest BCUT2D eigenvalue weighted by molar-refractivity contribution is -0.119. The van der Waals surface area contributed by atoms with E-state index in [0.717, 1.165) is 54.5 Å². The summed E-state index contributed by atoms with van der Waals surface area (Å²) < 4.78 is 5.42. The predicted molar refractivity (Wildman–Crippen MR) is 99.4 cm³/mol. The summed E-state index contributed by atoms with van der Waals surface area (Å²) >= 11 is 0. The molecule has 1 aliphatic carbocycles. The van der Waals surface area contributed by atoms with Gasteiger partial charge in [0.1, 0.15) is 5.75 Å². The van der Waals surface area contributed by atoms with E-state index in [0.29, 0.717) is 5.75 Å². The summed E-state index contributed by atoms with van der Waals surface area (Å²) in [6.07, 6.45) is 8.20. The highest BCUT2D eigenvalue weighted by Crippen LogP contribution is 2.35. The number of methoxy groups -OCH3 is 1. The second-order valence-electron chi connectivity index (χ2n) is 7.96. The van der Waals surface area contributed by atoms with Crippen LogP contribution in [0.1, 0.15) is 62.6 Å². The zero-order valence-electron chi connectivity index (χ0n) is 15.5. The van der Waals surface area contributed by atoms with Gasteiger partial charge in [0.05, 0.1) is 13.7 Å². The Balaban J connectivity index is 1.99. The first-order valence-corrected chi connectivity index (χ1v) is 9.28. The average Bonchev–Trinajstić information content (AvgIpc) is 2.60. The molecular formula is C21H29NO3. The molecule has 0 unspecified atom stereocenters. The fourth-order valence-corrected chi connectivity index (χ4v) is 4.09. The summed E-state index contributed by atoms with van der Waals surface area (Å²) in [4.78, 5) is 12.8. The van der Waals surface area contributed by atoms with E-state index in [1.165, 1.54) is 6.42 Å². The molecule has 0 bridgehead atoms. The maximum absolute atomic E-state index is 12.8. The van der Waals surface area contributed by atoms with E-state index in [4.69, 9.17) is 4.74 Å². The van der Waals surface area contributed by atoms with Crippen LogP contribution in [0, 0.1) is 5.92 Å². The molecule has 1 saturated carbocycles. The van der Waals surface area contributed by atoms with Gasteiger partial charge in [0.25, 0.3) is 0 Å². The highest BCUT2D eigenvalue weighted by molar-refractivity contribution is 5.98. The van der Waals surface area contributed by atoms with Crippen molar-refractivity contribution in [3.05, 3.63) is 34.9 Å². The van der Waals surface area contributed by atoms with E-state index in [-0.39, 0.29) is 23.8 Å². The summed E-state index contributed by atoms with van der Waals surface area (Å²) in [5.74, 6) is 1.09. The van der Waals surface area contributed by atoms with Crippen LogP contribution in [0.5, 0.6) is 5.75 Å². The second-order valence-corrected chi connectivity index (χ2v) is 7.96. The van der Waals surface area contributed by atoms with Gasteiger partial charge in [-0.15, -0.1) is 0 Å². The molecule has 1 aromatic carbocycles. The van der Waals surface area contributed by atoms with Crippen molar-refractivity contribution < 1.29 is 14.6 Å². The zero-order valence-corrected chi connectivity index (χ0v) is 15.5. The van der Waals surface area contributed by atoms with E-state index >= 15 is 0 Å². The van der Waals surface area contributed by atoms with E-state index in [1.54, 1.807) is 13.2 Å². The molecular weight excluding hydrogens is 314 g/mol. The van der Waals surface area contributed by atoms with Crippen LogP contribution >= 0.6 is 0 Å². The fraction of sp³-hybridized carbons (Fsp3) is 0.571. The minimum Gasteiger partial charge on any atom is -0.496 e. The molecule has 1 fully saturated rings. The summed E-state index contributed by atoms with van der Waals surface area (Å²) in [6.45, 7) is 4.20. The number of carbonyl (C=O) groups is 1. The molecule has 3 rings (SSSR count). The fourth-order valence-electron chi connectivity index (χ4n) is 4.09. The zero-order chi connectivity index (χ0) is 18.0. The van der Waals surface area contributed by atoms with Crippen LogP contribution in [0.15, 0.2) is 18.2 Å². The SMILES string of the molecule is COc1cc2c(cc1CO)C(=CC(=O)C1CCCCC1)NC(C)(C)C2. The first-order valence-electron chi connectivity index (χ1n) is 9.28. The number of hydrogen-bond acceptors (Lipinski definition) is 4. The van der Waals surface area contributed by atoms with Gasteiger partial charge < -0.3 is 15.2 Å². The number of ketones is 1. The number of aliphatic hydroxyl groups excluding tert-OH is 1. The number of carbonyl (C=O) groups excluding carboxylic acids is 1. The molecule has 1 aromatic rings. The van der Waals surface area contributed by atoms with Gasteiger partial charge in [-0.1, -0.05) is 19.3 Å². The number of allylic oxidation sites excluding steroid dienone is 1. The van der Waals surface area contributed by atoms with Crippen molar-refractivity contribution in [2.24, 2.45) is 5.92 Å². The Morgan fingerprint density at radius 2 is 2.04 bits per heavy atom. The number of aliphatic hydroxyl groups is 1. The monoisotopic (exact) mass is 343 g/mol. The average molecular weight is 343 g/mol. The third kappa shape index (κ3) is 3.90. The quantitative estimate of drug-likeness (QED) is 0.820. The molecule has 2 N–H and O–H groups in total. The molecule has 0 atom stereocenters. The molecule has 25 heavy (non-hydrogen) atoms. The van der Waals surface area contributed by atoms with E-state index in [9.17, 15) is 9.90 Å². The molecule has 0 spiro atoms. The van der Waals surface area contributed by atoms with Crippen molar-refractivity contribution in [1.29, 1.82) is 0 Å². The van der Waals surface area contributed by atoms with Crippen molar-refractivity contribution in [2.45, 2.75) is 64.5 Å². The maximum atomic E-state index is 12.8. The standard InChI is InChI=1S/C21H29NO3/c1-21(2)12-15-10-20(25-3)16(13-23)9-17(15)18(22-21)11-19(24)14-7-5-4-6-8-14/h9-11,14,22-23H,4-8,12-13H2,1-3H3. The lowest BCUT2D eigenvalue weighted by atomic mass is 9.82. The van der Waals surface area contributed by atoms with Crippen molar-refractivity contribution in [3.8, 4) is 5.75 Å². The molecule has 1 heterocycles. The Morgan fingerprint density at radius 1 is 1.32 bits per heavy atom. The van der Waals surface area contributed by atoms with Crippen molar-refractivity contribution in [2.75, 3.05) is 7.11 Å². The first kappa shape index (κ1) is 18.0. The summed E-state index contributed by atoms with van der Waals surface area (Å²) in [7, 11) is 1.62. The van der Waals surface area contributed by atoms with Crippen LogP contribution in [-0.2, 0) is 17.8 Å². The first-order chi connectivity index (χ1) is 11.9. The van der Waals surface area contributed by atoms with Gasteiger partial charge in [-0.3, -0.25) is 4.79 Å². The van der Waals surface area contributed by atoms with Gasteiger partial charge in [-0.05, 0) is 50.8 Å². The van der Waals surface area contributed by atoms with E-state index < -0.39 is 0 Å². The molecule has 136 valence electrons. The summed E-state index contributed by atoms with van der Waals surface area (Å²) in [5.41, 5.74) is 3.66. The van der Waals surface area contributed by atoms with Crippen LogP contribution in [-0.4, -0.2) is 23.5 Å². The van der Waals surface area contributed by atoms with Crippen molar-refractivity contribution >= 4 is 11.5 Å². The minimum absolute atomic E-state index is 0.0797. The van der Waals surface area contributed by atoms with E-state index in [1.807, 2.05) is 12.1 Å². The Bertz CT molecular complexity index is 685. The Labute approximate surface area is 150 Å². The summed E-state index contributed by atoms with van der Waals surface area (Å²) in [5, 5.41) is 13.2. The van der Waals surface area contributed by atoms with Crippen LogP contribution < -0.4 is 10.1 Å². The topological polar surface area (TPSA) is 58.6 Å². The Hall–Kier alpha value is -1.81. The van der Waals surface area contributed by atoms with Gasteiger partial charge in [0.2, 0.25) is 0 Å². The normalized spacial score (nSPS) is 21.5. The molecule has 0 saturated heterocycles. The number of benzene rings is 1. The molecule has 0 radical (unpaired) electrons. The van der Waals surface area contributed by atoms with E-state index in [2.05, 4.69) is 19.2 Å². The molecule has 4 nitrogen and oxygen atoms in total. The lowest BCUT2D eigenvalue weighted by Crippen LogP contribution is -2.44. The number of ether oxygens (including phenoxy) is 1. The molecule has 0 amide bonds. The van der Waals surface area contributed by atoms with Crippen molar-refractivity contribution in [3.63, 3.8) is 0 Å². The molecule has 0 aromatic heterocycles. The van der Waals surface area contributed by atoms with Gasteiger partial charge in [0.15, 0.2) is 5.78 Å². The molecule has 1 aliphatic heterocycles. The third-order valence-electron chi connectivity index (χ3n) is 5.37. The maximum Gasteiger partial charge on any atom is 0.160 e. The number of nitrogens with one attached hydrogen (secondary N) is 1. The van der Waals surface area contributed by atoms with Crippen LogP contribution in [0.2, 0.25) is 0 Å². The largest absolute Gasteiger partial charge is 0.496 e. The van der Waals surface area contributed by atoms with Gasteiger partial charge in [0, 0.05) is 34.4 Å². The predicted octanol–water partition coefficient (Wildman–Crippen LogP) is 3.60. The lowest BCUT2D eigenvalue weighted by Gasteiger charge is -2.36. The van der Waals surface area contributed by atoms with Crippen LogP contribution in [0.4, 0.5) is 0 Å². The van der Waals surface area contributed by atoms with Gasteiger partial charge in [-0.25, -0.2) is 0 Å². The Kier molecular flexibility index (Phi) is 5.19. The minimum atomic E-state index is -0.128. The molecule has 2 aliphatic rings. The highest BCUT2D eigenvalue weighted by atomic mass is 16.5. The second kappa shape index (κ2) is 7.20. The number of rotatable bonds is 4. The van der Waals surface area contributed by atoms with Crippen LogP contribution in [0.3, 0.4) is 0 Å². The van der Waals surface area contributed by atoms with Crippen LogP contribution in [0.25, 0.3) is 5.70 Å². The third-order valence-corrected chi connectivity index (χ3v) is 5.37. The van der Waals surface area contributed by atoms with Gasteiger partial charge in [-0.2, -0.15) is 0 Å². The molecule has 4 heteroatoms. The summed E-state index contributed by atoms with van der Waals surface area (Å²) in [6, 6.07) is 3.96. The highest BCUT2D eigenvalue weighted by Gasteiger charge is 2.30. The number of hydrogen-bond donors (Lipinski definition) is 2. The van der Waals surface area contributed by atoms with Gasteiger partial charge >= 0.3 is 0 Å². The smallest absolute Gasteiger partial charge is 0.160 e. The Morgan fingerprint density at radius 3 is 2.68 bits per heavy atom. The van der Waals surface area contributed by atoms with Crippen molar-refractivity contribution in [1.82, 2.24) is 5.32 Å².